The number of ether oxygens (including phenoxy) is 1. The molecular weight excluding hydrogens is 182 g/mol. The molecule has 1 aromatic rings. The summed E-state index contributed by atoms with van der Waals surface area (Å²) < 4.78 is 9.70. The lowest BCUT2D eigenvalue weighted by molar-refractivity contribution is -0.141. The number of rotatable bonds is 4. The second-order valence-corrected chi connectivity index (χ2v) is 3.06. The average molecular weight is 195 g/mol. The van der Waals surface area contributed by atoms with E-state index >= 15 is 0 Å². The van der Waals surface area contributed by atoms with Crippen molar-refractivity contribution in [1.29, 1.82) is 0 Å². The smallest absolute Gasteiger partial charge is 0.332 e. The quantitative estimate of drug-likeness (QED) is 0.413. The number of furan rings is 1. The van der Waals surface area contributed by atoms with Crippen molar-refractivity contribution >= 4 is 12.0 Å². The van der Waals surface area contributed by atoms with E-state index in [0.717, 1.165) is 5.56 Å². The Balaban J connectivity index is 2.34. The molecule has 4 nitrogen and oxygen atoms in total. The highest BCUT2D eigenvalue weighted by atomic mass is 16.5. The summed E-state index contributed by atoms with van der Waals surface area (Å²) in [6.07, 6.45) is 6.11. The van der Waals surface area contributed by atoms with Crippen LogP contribution in [0.1, 0.15) is 5.56 Å². The lowest BCUT2D eigenvalue weighted by Crippen LogP contribution is -2.18. The van der Waals surface area contributed by atoms with Crippen LogP contribution in [-0.4, -0.2) is 31.7 Å². The van der Waals surface area contributed by atoms with E-state index in [1.54, 1.807) is 29.6 Å². The third kappa shape index (κ3) is 3.91. The summed E-state index contributed by atoms with van der Waals surface area (Å²) in [7, 11) is 3.65. The van der Waals surface area contributed by atoms with Gasteiger partial charge in [-0.3, -0.25) is 4.90 Å². The number of carbonyl (C=O) groups excluding carboxylic acids is 1. The van der Waals surface area contributed by atoms with E-state index in [-0.39, 0.29) is 12.7 Å². The largest absolute Gasteiger partial charge is 0.472 e. The van der Waals surface area contributed by atoms with Gasteiger partial charge in [0.05, 0.1) is 12.5 Å². The second-order valence-electron chi connectivity index (χ2n) is 3.06. The fourth-order valence-electron chi connectivity index (χ4n) is 0.775. The van der Waals surface area contributed by atoms with E-state index in [1.165, 1.54) is 6.08 Å². The van der Waals surface area contributed by atoms with Gasteiger partial charge < -0.3 is 9.15 Å². The molecule has 0 aliphatic rings. The average Bonchev–Trinajstić information content (AvgIpc) is 2.63. The predicted molar refractivity (Wildman–Crippen MR) is 52.4 cm³/mol. The van der Waals surface area contributed by atoms with Gasteiger partial charge in [-0.05, 0) is 26.2 Å². The van der Waals surface area contributed by atoms with E-state index in [9.17, 15) is 4.79 Å². The molecule has 0 spiro atoms. The topological polar surface area (TPSA) is 42.7 Å². The summed E-state index contributed by atoms with van der Waals surface area (Å²) in [5.74, 6) is -0.361. The molecule has 76 valence electrons. The summed E-state index contributed by atoms with van der Waals surface area (Å²) in [4.78, 5) is 12.8. The molecule has 4 heteroatoms. The predicted octanol–water partition coefficient (Wildman–Crippen LogP) is 1.36. The highest BCUT2D eigenvalue weighted by Gasteiger charge is 1.97. The Morgan fingerprint density at radius 3 is 3.00 bits per heavy atom. The van der Waals surface area contributed by atoms with Crippen molar-refractivity contribution in [3.8, 4) is 0 Å². The maximum atomic E-state index is 11.1. The monoisotopic (exact) mass is 195 g/mol. The van der Waals surface area contributed by atoms with E-state index in [0.29, 0.717) is 0 Å². The van der Waals surface area contributed by atoms with Crippen molar-refractivity contribution in [2.45, 2.75) is 0 Å². The van der Waals surface area contributed by atoms with Crippen LogP contribution in [0.5, 0.6) is 0 Å². The summed E-state index contributed by atoms with van der Waals surface area (Å²) in [5.41, 5.74) is 0.840. The molecule has 0 atom stereocenters. The van der Waals surface area contributed by atoms with Crippen LogP contribution in [0.3, 0.4) is 0 Å². The first-order chi connectivity index (χ1) is 6.68. The van der Waals surface area contributed by atoms with Gasteiger partial charge in [-0.1, -0.05) is 0 Å². The molecule has 0 amide bonds. The Morgan fingerprint density at radius 1 is 1.64 bits per heavy atom. The fraction of sp³-hybridized carbons (Fsp3) is 0.300. The Morgan fingerprint density at radius 2 is 2.43 bits per heavy atom. The Hall–Kier alpha value is -1.55. The normalized spacial score (nSPS) is 11.1. The van der Waals surface area contributed by atoms with Gasteiger partial charge in [-0.25, -0.2) is 4.79 Å². The zero-order valence-corrected chi connectivity index (χ0v) is 8.27. The standard InChI is InChI=1S/C10H13NO3/c1-11(2)8-14-10(12)4-3-9-5-6-13-7-9/h3-7H,8H2,1-2H3/b4-3-. The Bertz CT molecular complexity index is 301. The molecule has 0 aliphatic carbocycles. The second kappa shape index (κ2) is 5.24. The molecule has 0 unspecified atom stereocenters. The van der Waals surface area contributed by atoms with Gasteiger partial charge in [0.2, 0.25) is 0 Å². The molecule has 1 rings (SSSR count). The molecule has 0 bridgehead atoms. The van der Waals surface area contributed by atoms with E-state index in [1.807, 2.05) is 14.1 Å². The number of hydrogen-bond donors (Lipinski definition) is 0. The van der Waals surface area contributed by atoms with Crippen LogP contribution in [0.25, 0.3) is 6.08 Å². The lowest BCUT2D eigenvalue weighted by Gasteiger charge is -2.07. The van der Waals surface area contributed by atoms with Crippen LogP contribution in [0.2, 0.25) is 0 Å². The van der Waals surface area contributed by atoms with Crippen LogP contribution in [0.4, 0.5) is 0 Å². The van der Waals surface area contributed by atoms with Crippen LogP contribution < -0.4 is 0 Å². The summed E-state index contributed by atoms with van der Waals surface area (Å²) >= 11 is 0. The van der Waals surface area contributed by atoms with Crippen LogP contribution in [0, 0.1) is 0 Å². The van der Waals surface area contributed by atoms with Gasteiger partial charge >= 0.3 is 5.97 Å². The minimum atomic E-state index is -0.361. The Kier molecular flexibility index (Phi) is 3.94. The van der Waals surface area contributed by atoms with Gasteiger partial charge in [-0.15, -0.1) is 0 Å². The fourth-order valence-corrected chi connectivity index (χ4v) is 0.775. The number of nitrogens with zero attached hydrogens (tertiary/aromatic N) is 1. The highest BCUT2D eigenvalue weighted by molar-refractivity contribution is 5.86. The van der Waals surface area contributed by atoms with E-state index < -0.39 is 0 Å². The first-order valence-electron chi connectivity index (χ1n) is 4.20. The van der Waals surface area contributed by atoms with Crippen molar-refractivity contribution in [3.05, 3.63) is 30.2 Å². The van der Waals surface area contributed by atoms with Gasteiger partial charge in [0.1, 0.15) is 6.73 Å². The van der Waals surface area contributed by atoms with Crippen molar-refractivity contribution in [2.75, 3.05) is 20.8 Å². The molecule has 1 heterocycles. The molecule has 1 aromatic heterocycles. The van der Waals surface area contributed by atoms with Crippen molar-refractivity contribution in [3.63, 3.8) is 0 Å². The first-order valence-corrected chi connectivity index (χ1v) is 4.20. The van der Waals surface area contributed by atoms with Crippen LogP contribution in [-0.2, 0) is 9.53 Å². The van der Waals surface area contributed by atoms with E-state index in [4.69, 9.17) is 9.15 Å². The molecule has 0 radical (unpaired) electrons. The van der Waals surface area contributed by atoms with Gasteiger partial charge in [0.25, 0.3) is 0 Å². The minimum Gasteiger partial charge on any atom is -0.472 e. The number of carbonyl (C=O) groups is 1. The molecule has 14 heavy (non-hydrogen) atoms. The van der Waals surface area contributed by atoms with Crippen molar-refractivity contribution in [2.24, 2.45) is 0 Å². The molecule has 0 saturated carbocycles. The number of hydrogen-bond acceptors (Lipinski definition) is 4. The van der Waals surface area contributed by atoms with E-state index in [2.05, 4.69) is 0 Å². The molecule has 0 aromatic carbocycles. The minimum absolute atomic E-state index is 0.286. The van der Waals surface area contributed by atoms with Gasteiger partial charge in [0, 0.05) is 11.6 Å². The third-order valence-corrected chi connectivity index (χ3v) is 1.42. The zero-order chi connectivity index (χ0) is 10.4. The first kappa shape index (κ1) is 10.5. The summed E-state index contributed by atoms with van der Waals surface area (Å²) in [5, 5.41) is 0. The highest BCUT2D eigenvalue weighted by Crippen LogP contribution is 2.02. The molecule has 0 saturated heterocycles. The third-order valence-electron chi connectivity index (χ3n) is 1.42. The molecule has 0 fully saturated rings. The van der Waals surface area contributed by atoms with Crippen LogP contribution >= 0.6 is 0 Å². The number of esters is 1. The van der Waals surface area contributed by atoms with Gasteiger partial charge in [-0.2, -0.15) is 0 Å². The van der Waals surface area contributed by atoms with Crippen LogP contribution in [0.15, 0.2) is 29.1 Å². The van der Waals surface area contributed by atoms with Gasteiger partial charge in [0.15, 0.2) is 0 Å². The lowest BCUT2D eigenvalue weighted by atomic mass is 10.3. The zero-order valence-electron chi connectivity index (χ0n) is 8.27. The molecule has 0 N–H and O–H groups in total. The molecular formula is C10H13NO3. The Labute approximate surface area is 82.8 Å². The summed E-state index contributed by atoms with van der Waals surface area (Å²) in [6, 6.07) is 1.76. The van der Waals surface area contributed by atoms with Crippen molar-refractivity contribution in [1.82, 2.24) is 4.90 Å². The SMILES string of the molecule is CN(C)COC(=O)/C=C\c1ccoc1. The maximum absolute atomic E-state index is 11.1. The maximum Gasteiger partial charge on any atom is 0.332 e. The molecule has 0 aliphatic heterocycles. The van der Waals surface area contributed by atoms with Crippen molar-refractivity contribution < 1.29 is 13.9 Å². The summed E-state index contributed by atoms with van der Waals surface area (Å²) in [6.45, 7) is 0.286.